The minimum atomic E-state index is -4.13. The quantitative estimate of drug-likeness (QED) is 0.732. The molecule has 3 nitrogen and oxygen atoms in total. The number of rotatable bonds is 3. The molecule has 1 aliphatic heterocycles. The van der Waals surface area contributed by atoms with E-state index in [2.05, 4.69) is 5.32 Å². The first kappa shape index (κ1) is 12.1. The number of amides is 2. The molecule has 0 spiro atoms. The van der Waals surface area contributed by atoms with E-state index in [0.29, 0.717) is 13.1 Å². The van der Waals surface area contributed by atoms with E-state index in [1.807, 2.05) is 0 Å². The molecule has 0 bridgehead atoms. The van der Waals surface area contributed by atoms with E-state index in [0.717, 1.165) is 12.8 Å². The highest BCUT2D eigenvalue weighted by atomic mass is 19.4. The third kappa shape index (κ3) is 4.90. The summed E-state index contributed by atoms with van der Waals surface area (Å²) in [7, 11) is 0. The number of halogens is 3. The number of urea groups is 1. The molecule has 0 aromatic rings. The Bertz CT molecular complexity index is 212. The summed E-state index contributed by atoms with van der Waals surface area (Å²) < 4.78 is 35.3. The van der Waals surface area contributed by atoms with Gasteiger partial charge in [0.05, 0.1) is 0 Å². The van der Waals surface area contributed by atoms with Crippen LogP contribution < -0.4 is 5.32 Å². The van der Waals surface area contributed by atoms with Crippen molar-refractivity contribution in [1.29, 1.82) is 0 Å². The molecule has 1 rings (SSSR count). The van der Waals surface area contributed by atoms with E-state index < -0.39 is 12.6 Å². The van der Waals surface area contributed by atoms with Crippen LogP contribution in [-0.2, 0) is 0 Å². The van der Waals surface area contributed by atoms with Gasteiger partial charge in [0.2, 0.25) is 0 Å². The van der Waals surface area contributed by atoms with Crippen LogP contribution in [0.15, 0.2) is 0 Å². The number of likely N-dealkylation sites (tertiary alicyclic amines) is 1. The Hall–Kier alpha value is -0.940. The number of alkyl halides is 3. The van der Waals surface area contributed by atoms with Crippen LogP contribution in [-0.4, -0.2) is 36.7 Å². The summed E-state index contributed by atoms with van der Waals surface area (Å²) in [5.41, 5.74) is 0. The Kier molecular flexibility index (Phi) is 4.23. The molecule has 0 aromatic heterocycles. The molecular formula is C9H15F3N2O. The molecule has 88 valence electrons. The van der Waals surface area contributed by atoms with Crippen molar-refractivity contribution in [2.24, 2.45) is 0 Å². The molecule has 1 N–H and O–H groups in total. The van der Waals surface area contributed by atoms with E-state index in [4.69, 9.17) is 0 Å². The van der Waals surface area contributed by atoms with Crippen molar-refractivity contribution in [2.45, 2.75) is 31.9 Å². The molecule has 0 aromatic carbocycles. The fraction of sp³-hybridized carbons (Fsp3) is 0.889. The van der Waals surface area contributed by atoms with Crippen molar-refractivity contribution >= 4 is 6.03 Å². The number of carbonyl (C=O) groups is 1. The van der Waals surface area contributed by atoms with Gasteiger partial charge in [-0.25, -0.2) is 4.79 Å². The van der Waals surface area contributed by atoms with Crippen LogP contribution in [0.3, 0.4) is 0 Å². The van der Waals surface area contributed by atoms with Crippen molar-refractivity contribution in [2.75, 3.05) is 19.6 Å². The molecule has 6 heteroatoms. The lowest BCUT2D eigenvalue weighted by molar-refractivity contribution is -0.135. The predicted molar refractivity (Wildman–Crippen MR) is 49.5 cm³/mol. The molecule has 1 fully saturated rings. The first-order chi connectivity index (χ1) is 6.99. The first-order valence-electron chi connectivity index (χ1n) is 5.08. The maximum atomic E-state index is 11.8. The lowest BCUT2D eigenvalue weighted by atomic mass is 10.3. The van der Waals surface area contributed by atoms with Crippen molar-refractivity contribution in [3.8, 4) is 0 Å². The van der Waals surface area contributed by atoms with E-state index in [9.17, 15) is 18.0 Å². The van der Waals surface area contributed by atoms with Gasteiger partial charge in [-0.05, 0) is 19.3 Å². The van der Waals surface area contributed by atoms with Crippen LogP contribution in [0.2, 0.25) is 0 Å². The molecular weight excluding hydrogens is 209 g/mol. The highest BCUT2D eigenvalue weighted by molar-refractivity contribution is 5.74. The number of nitrogens with one attached hydrogen (secondary N) is 1. The van der Waals surface area contributed by atoms with Gasteiger partial charge >= 0.3 is 12.2 Å². The van der Waals surface area contributed by atoms with Gasteiger partial charge in [-0.15, -0.1) is 0 Å². The monoisotopic (exact) mass is 224 g/mol. The second-order valence-electron chi connectivity index (χ2n) is 3.64. The van der Waals surface area contributed by atoms with Crippen LogP contribution in [0, 0.1) is 0 Å². The summed E-state index contributed by atoms with van der Waals surface area (Å²) in [5.74, 6) is 0. The molecule has 0 unspecified atom stereocenters. The number of hydrogen-bond acceptors (Lipinski definition) is 1. The second-order valence-corrected chi connectivity index (χ2v) is 3.64. The summed E-state index contributed by atoms with van der Waals surface area (Å²) >= 11 is 0. The number of nitrogens with zero attached hydrogens (tertiary/aromatic N) is 1. The molecule has 15 heavy (non-hydrogen) atoms. The van der Waals surface area contributed by atoms with Gasteiger partial charge in [0, 0.05) is 26.1 Å². The largest absolute Gasteiger partial charge is 0.389 e. The Morgan fingerprint density at radius 1 is 1.27 bits per heavy atom. The standard InChI is InChI=1S/C9H15F3N2O/c10-9(11,12)4-3-5-13-8(15)14-6-1-2-7-14/h1-7H2,(H,13,15). The van der Waals surface area contributed by atoms with Crippen LogP contribution in [0.5, 0.6) is 0 Å². The van der Waals surface area contributed by atoms with E-state index in [1.54, 1.807) is 4.90 Å². The minimum Gasteiger partial charge on any atom is -0.338 e. The second kappa shape index (κ2) is 5.23. The highest BCUT2D eigenvalue weighted by Gasteiger charge is 2.26. The molecule has 1 heterocycles. The normalized spacial score (nSPS) is 16.9. The van der Waals surface area contributed by atoms with Crippen molar-refractivity contribution in [3.05, 3.63) is 0 Å². The van der Waals surface area contributed by atoms with Crippen molar-refractivity contribution in [1.82, 2.24) is 10.2 Å². The van der Waals surface area contributed by atoms with E-state index in [1.165, 1.54) is 0 Å². The Labute approximate surface area is 86.6 Å². The topological polar surface area (TPSA) is 32.3 Å². The van der Waals surface area contributed by atoms with Crippen molar-refractivity contribution in [3.63, 3.8) is 0 Å². The van der Waals surface area contributed by atoms with Crippen LogP contribution in [0.25, 0.3) is 0 Å². The molecule has 1 saturated heterocycles. The van der Waals surface area contributed by atoms with E-state index in [-0.39, 0.29) is 19.0 Å². The van der Waals surface area contributed by atoms with Gasteiger partial charge in [0.25, 0.3) is 0 Å². The van der Waals surface area contributed by atoms with Gasteiger partial charge < -0.3 is 10.2 Å². The van der Waals surface area contributed by atoms with Gasteiger partial charge in [0.15, 0.2) is 0 Å². The summed E-state index contributed by atoms with van der Waals surface area (Å²) in [6.07, 6.45) is -3.05. The Morgan fingerprint density at radius 3 is 2.40 bits per heavy atom. The minimum absolute atomic E-state index is 0.0525. The molecule has 2 amide bonds. The molecule has 0 saturated carbocycles. The summed E-state index contributed by atoms with van der Waals surface area (Å²) in [6, 6.07) is -0.241. The van der Waals surface area contributed by atoms with Crippen LogP contribution >= 0.6 is 0 Å². The highest BCUT2D eigenvalue weighted by Crippen LogP contribution is 2.20. The third-order valence-electron chi connectivity index (χ3n) is 2.31. The zero-order valence-electron chi connectivity index (χ0n) is 8.44. The van der Waals surface area contributed by atoms with Gasteiger partial charge in [-0.1, -0.05) is 0 Å². The smallest absolute Gasteiger partial charge is 0.338 e. The maximum absolute atomic E-state index is 11.8. The predicted octanol–water partition coefficient (Wildman–Crippen LogP) is 2.13. The zero-order chi connectivity index (χ0) is 11.3. The summed E-state index contributed by atoms with van der Waals surface area (Å²) in [5, 5.41) is 2.48. The third-order valence-corrected chi connectivity index (χ3v) is 2.31. The molecule has 0 radical (unpaired) electrons. The average Bonchev–Trinajstić information content (AvgIpc) is 2.63. The fourth-order valence-corrected chi connectivity index (χ4v) is 1.52. The van der Waals surface area contributed by atoms with Crippen LogP contribution in [0.1, 0.15) is 25.7 Å². The van der Waals surface area contributed by atoms with Crippen LogP contribution in [0.4, 0.5) is 18.0 Å². The van der Waals surface area contributed by atoms with Gasteiger partial charge in [0.1, 0.15) is 0 Å². The van der Waals surface area contributed by atoms with Gasteiger partial charge in [-0.3, -0.25) is 0 Å². The van der Waals surface area contributed by atoms with Gasteiger partial charge in [-0.2, -0.15) is 13.2 Å². The lowest BCUT2D eigenvalue weighted by Gasteiger charge is -2.16. The molecule has 0 aliphatic carbocycles. The number of hydrogen-bond donors (Lipinski definition) is 1. The van der Waals surface area contributed by atoms with Crippen molar-refractivity contribution < 1.29 is 18.0 Å². The number of carbonyl (C=O) groups excluding carboxylic acids is 1. The molecule has 0 atom stereocenters. The lowest BCUT2D eigenvalue weighted by Crippen LogP contribution is -2.38. The maximum Gasteiger partial charge on any atom is 0.389 e. The summed E-state index contributed by atoms with van der Waals surface area (Å²) in [6.45, 7) is 1.52. The Morgan fingerprint density at radius 2 is 1.87 bits per heavy atom. The van der Waals surface area contributed by atoms with E-state index >= 15 is 0 Å². The summed E-state index contributed by atoms with van der Waals surface area (Å²) in [4.78, 5) is 12.9. The fourth-order valence-electron chi connectivity index (χ4n) is 1.52. The zero-order valence-corrected chi connectivity index (χ0v) is 8.44. The Balaban J connectivity index is 2.07. The SMILES string of the molecule is O=C(NCCCC(F)(F)F)N1CCCC1. The molecule has 1 aliphatic rings. The first-order valence-corrected chi connectivity index (χ1v) is 5.08. The average molecular weight is 224 g/mol.